The van der Waals surface area contributed by atoms with Crippen molar-refractivity contribution in [3.63, 3.8) is 0 Å². The van der Waals surface area contributed by atoms with Gasteiger partial charge in [0.2, 0.25) is 11.8 Å². The predicted molar refractivity (Wildman–Crippen MR) is 130 cm³/mol. The number of nitrogens with zero attached hydrogens (tertiary/aromatic N) is 3. The van der Waals surface area contributed by atoms with Crippen LogP contribution >= 0.6 is 11.6 Å². The van der Waals surface area contributed by atoms with E-state index in [0.717, 1.165) is 60.6 Å². The number of piperazine rings is 1. The van der Waals surface area contributed by atoms with Crippen LogP contribution in [0.25, 0.3) is 10.9 Å². The van der Waals surface area contributed by atoms with E-state index in [-0.39, 0.29) is 24.4 Å². The number of hydrogen-bond acceptors (Lipinski definition) is 4. The van der Waals surface area contributed by atoms with E-state index in [2.05, 4.69) is 16.0 Å². The second-order valence-corrected chi connectivity index (χ2v) is 9.69. The molecule has 176 valence electrons. The lowest BCUT2D eigenvalue weighted by Crippen LogP contribution is -2.63. The molecule has 3 aliphatic heterocycles. The first kappa shape index (κ1) is 21.6. The Labute approximate surface area is 203 Å². The summed E-state index contributed by atoms with van der Waals surface area (Å²) in [7, 11) is 0. The van der Waals surface area contributed by atoms with E-state index >= 15 is 0 Å². The van der Waals surface area contributed by atoms with Crippen molar-refractivity contribution in [3.8, 4) is 0 Å². The molecule has 6 rings (SSSR count). The molecule has 2 atom stereocenters. The van der Waals surface area contributed by atoms with Gasteiger partial charge in [0.15, 0.2) is 0 Å². The molecule has 2 amide bonds. The minimum Gasteiger partial charge on any atom is -0.379 e. The summed E-state index contributed by atoms with van der Waals surface area (Å²) in [6.45, 7) is 4.59. The van der Waals surface area contributed by atoms with Gasteiger partial charge in [0.05, 0.1) is 25.8 Å². The smallest absolute Gasteiger partial charge is 0.246 e. The zero-order chi connectivity index (χ0) is 23.2. The molecule has 1 N–H and O–H groups in total. The third-order valence-electron chi connectivity index (χ3n) is 7.32. The molecule has 0 aliphatic carbocycles. The standard InChI is InChI=1S/C26H27ClN4O3/c27-18-7-5-17(6-8-18)25-24-20(19-3-1-2-4-21(19)28-24)15-22-26(33)30(16-23(32)31(22)25)10-9-29-11-13-34-14-12-29/h1-8,22,25,28H,9-16H2/t22-,25+/m1/s1. The Hall–Kier alpha value is -2.87. The molecule has 34 heavy (non-hydrogen) atoms. The highest BCUT2D eigenvalue weighted by atomic mass is 35.5. The van der Waals surface area contributed by atoms with Gasteiger partial charge in [-0.2, -0.15) is 0 Å². The fourth-order valence-corrected chi connectivity index (χ4v) is 5.72. The Morgan fingerprint density at radius 2 is 1.76 bits per heavy atom. The summed E-state index contributed by atoms with van der Waals surface area (Å²) in [5.74, 6) is 0.0126. The number of morpholine rings is 1. The van der Waals surface area contributed by atoms with Crippen LogP contribution in [-0.4, -0.2) is 83.5 Å². The summed E-state index contributed by atoms with van der Waals surface area (Å²) in [4.78, 5) is 36.7. The van der Waals surface area contributed by atoms with Crippen molar-refractivity contribution in [1.29, 1.82) is 0 Å². The summed E-state index contributed by atoms with van der Waals surface area (Å²) >= 11 is 6.16. The summed E-state index contributed by atoms with van der Waals surface area (Å²) in [6.07, 6.45) is 0.516. The highest BCUT2D eigenvalue weighted by molar-refractivity contribution is 6.30. The predicted octanol–water partition coefficient (Wildman–Crippen LogP) is 2.84. The number of aromatic nitrogens is 1. The summed E-state index contributed by atoms with van der Waals surface area (Å²) in [6, 6.07) is 14.9. The van der Waals surface area contributed by atoms with E-state index in [9.17, 15) is 9.59 Å². The van der Waals surface area contributed by atoms with Gasteiger partial charge in [-0.05, 0) is 29.3 Å². The van der Waals surface area contributed by atoms with Gasteiger partial charge in [-0.15, -0.1) is 0 Å². The second-order valence-electron chi connectivity index (χ2n) is 9.25. The van der Waals surface area contributed by atoms with E-state index in [1.807, 2.05) is 42.5 Å². The third-order valence-corrected chi connectivity index (χ3v) is 7.57. The molecule has 2 fully saturated rings. The molecule has 7 nitrogen and oxygen atoms in total. The maximum Gasteiger partial charge on any atom is 0.246 e. The van der Waals surface area contributed by atoms with Crippen molar-refractivity contribution in [2.75, 3.05) is 45.9 Å². The molecule has 0 spiro atoms. The number of nitrogens with one attached hydrogen (secondary N) is 1. The minimum atomic E-state index is -0.515. The summed E-state index contributed by atoms with van der Waals surface area (Å²) < 4.78 is 5.43. The number of ether oxygens (including phenoxy) is 1. The molecule has 1 aromatic heterocycles. The van der Waals surface area contributed by atoms with Crippen molar-refractivity contribution in [1.82, 2.24) is 19.7 Å². The summed E-state index contributed by atoms with van der Waals surface area (Å²) in [5.41, 5.74) is 4.08. The Morgan fingerprint density at radius 1 is 1.00 bits per heavy atom. The molecule has 0 unspecified atom stereocenters. The lowest BCUT2D eigenvalue weighted by molar-refractivity contribution is -0.158. The zero-order valence-electron chi connectivity index (χ0n) is 18.9. The number of carbonyl (C=O) groups is 2. The van der Waals surface area contributed by atoms with Crippen LogP contribution in [-0.2, 0) is 20.7 Å². The number of rotatable bonds is 4. The van der Waals surface area contributed by atoms with Crippen LogP contribution in [0.4, 0.5) is 0 Å². The van der Waals surface area contributed by atoms with Crippen LogP contribution in [0.2, 0.25) is 5.02 Å². The lowest BCUT2D eigenvalue weighted by Gasteiger charge is -2.47. The average molecular weight is 479 g/mol. The molecule has 3 aromatic rings. The van der Waals surface area contributed by atoms with Gasteiger partial charge in [-0.1, -0.05) is 41.9 Å². The monoisotopic (exact) mass is 478 g/mol. The van der Waals surface area contributed by atoms with E-state index in [4.69, 9.17) is 16.3 Å². The van der Waals surface area contributed by atoms with Gasteiger partial charge < -0.3 is 19.5 Å². The summed E-state index contributed by atoms with van der Waals surface area (Å²) in [5, 5.41) is 1.75. The fourth-order valence-electron chi connectivity index (χ4n) is 5.59. The van der Waals surface area contributed by atoms with Gasteiger partial charge >= 0.3 is 0 Å². The number of amides is 2. The van der Waals surface area contributed by atoms with Crippen LogP contribution < -0.4 is 0 Å². The number of fused-ring (bicyclic) bond motifs is 4. The van der Waals surface area contributed by atoms with Gasteiger partial charge in [-0.3, -0.25) is 14.5 Å². The van der Waals surface area contributed by atoms with E-state index in [0.29, 0.717) is 18.0 Å². The Kier molecular flexibility index (Phi) is 5.56. The second kappa shape index (κ2) is 8.73. The molecule has 3 aliphatic rings. The molecule has 0 saturated carbocycles. The highest BCUT2D eigenvalue weighted by Gasteiger charge is 2.48. The average Bonchev–Trinajstić information content (AvgIpc) is 3.24. The molecule has 2 aromatic carbocycles. The SMILES string of the molecule is O=C1[C@H]2Cc3c([nH]c4ccccc34)[C@H](c3ccc(Cl)cc3)N2C(=O)CN1CCN1CCOCC1. The first-order chi connectivity index (χ1) is 16.6. The number of H-pyrrole nitrogens is 1. The number of hydrogen-bond donors (Lipinski definition) is 1. The normalized spacial score (nSPS) is 23.3. The first-order valence-corrected chi connectivity index (χ1v) is 12.2. The molecule has 2 saturated heterocycles. The minimum absolute atomic E-state index is 0.0177. The number of halogens is 1. The van der Waals surface area contributed by atoms with E-state index in [1.165, 1.54) is 0 Å². The maximum absolute atomic E-state index is 13.7. The third kappa shape index (κ3) is 3.68. The molecule has 4 heterocycles. The van der Waals surface area contributed by atoms with Crippen LogP contribution in [0.5, 0.6) is 0 Å². The topological polar surface area (TPSA) is 68.9 Å². The van der Waals surface area contributed by atoms with E-state index in [1.54, 1.807) is 9.80 Å². The van der Waals surface area contributed by atoms with Crippen LogP contribution in [0.1, 0.15) is 22.9 Å². The first-order valence-electron chi connectivity index (χ1n) is 11.8. The van der Waals surface area contributed by atoms with Crippen LogP contribution in [0.15, 0.2) is 48.5 Å². The Morgan fingerprint density at radius 3 is 2.56 bits per heavy atom. The zero-order valence-corrected chi connectivity index (χ0v) is 19.6. The van der Waals surface area contributed by atoms with Gasteiger partial charge in [-0.25, -0.2) is 0 Å². The highest BCUT2D eigenvalue weighted by Crippen LogP contribution is 2.42. The largest absolute Gasteiger partial charge is 0.379 e. The van der Waals surface area contributed by atoms with E-state index < -0.39 is 6.04 Å². The van der Waals surface area contributed by atoms with Gasteiger partial charge in [0, 0.05) is 54.2 Å². The number of benzene rings is 2. The molecular formula is C26H27ClN4O3. The van der Waals surface area contributed by atoms with Crippen LogP contribution in [0.3, 0.4) is 0 Å². The van der Waals surface area contributed by atoms with Crippen molar-refractivity contribution in [2.24, 2.45) is 0 Å². The van der Waals surface area contributed by atoms with Crippen molar-refractivity contribution in [2.45, 2.75) is 18.5 Å². The lowest BCUT2D eigenvalue weighted by atomic mass is 9.86. The number of carbonyl (C=O) groups excluding carboxylic acids is 2. The Balaban J connectivity index is 1.37. The Bertz CT molecular complexity index is 1230. The number of para-hydroxylation sites is 1. The fraction of sp³-hybridized carbons (Fsp3) is 0.385. The van der Waals surface area contributed by atoms with Crippen molar-refractivity contribution >= 4 is 34.3 Å². The number of aromatic amines is 1. The van der Waals surface area contributed by atoms with Gasteiger partial charge in [0.25, 0.3) is 0 Å². The van der Waals surface area contributed by atoms with Crippen molar-refractivity contribution < 1.29 is 14.3 Å². The van der Waals surface area contributed by atoms with Gasteiger partial charge in [0.1, 0.15) is 6.04 Å². The molecule has 0 bridgehead atoms. The molecular weight excluding hydrogens is 452 g/mol. The molecule has 0 radical (unpaired) electrons. The quantitative estimate of drug-likeness (QED) is 0.626. The molecule has 8 heteroatoms. The maximum atomic E-state index is 13.7. The van der Waals surface area contributed by atoms with Crippen molar-refractivity contribution in [3.05, 3.63) is 70.4 Å². The van der Waals surface area contributed by atoms with Crippen LogP contribution in [0, 0.1) is 0 Å².